The molecular formula is C12H15BrF3NO2. The summed E-state index contributed by atoms with van der Waals surface area (Å²) < 4.78 is 41.8. The van der Waals surface area contributed by atoms with E-state index in [2.05, 4.69) is 21.2 Å². The average molecular weight is 342 g/mol. The number of aliphatic hydroxyl groups excluding tert-OH is 1. The van der Waals surface area contributed by atoms with Crippen LogP contribution in [0.25, 0.3) is 0 Å². The van der Waals surface area contributed by atoms with Gasteiger partial charge in [-0.3, -0.25) is 0 Å². The van der Waals surface area contributed by atoms with E-state index in [-0.39, 0.29) is 19.7 Å². The first-order chi connectivity index (χ1) is 8.87. The quantitative estimate of drug-likeness (QED) is 0.749. The lowest BCUT2D eigenvalue weighted by Crippen LogP contribution is -2.33. The number of benzene rings is 1. The number of aliphatic hydroxyl groups is 1. The van der Waals surface area contributed by atoms with Crippen molar-refractivity contribution >= 4 is 15.9 Å². The van der Waals surface area contributed by atoms with Crippen molar-refractivity contribution in [3.05, 3.63) is 28.7 Å². The van der Waals surface area contributed by atoms with Crippen LogP contribution in [-0.2, 0) is 0 Å². The molecule has 0 aliphatic carbocycles. The van der Waals surface area contributed by atoms with E-state index in [1.165, 1.54) is 0 Å². The summed E-state index contributed by atoms with van der Waals surface area (Å²) in [5.74, 6) is 0.595. The number of hydrogen-bond acceptors (Lipinski definition) is 3. The maximum atomic E-state index is 11.9. The zero-order valence-electron chi connectivity index (χ0n) is 10.1. The SMILES string of the molecule is OC(CNCCC(F)(F)F)COc1ccc(Br)cc1. The van der Waals surface area contributed by atoms with Crippen molar-refractivity contribution in [1.82, 2.24) is 5.32 Å². The van der Waals surface area contributed by atoms with Crippen LogP contribution in [0, 0.1) is 0 Å². The van der Waals surface area contributed by atoms with Gasteiger partial charge in [0.2, 0.25) is 0 Å². The van der Waals surface area contributed by atoms with Gasteiger partial charge in [-0.15, -0.1) is 0 Å². The van der Waals surface area contributed by atoms with Crippen LogP contribution in [0.4, 0.5) is 13.2 Å². The third-order valence-electron chi connectivity index (χ3n) is 2.22. The Bertz CT molecular complexity index is 370. The Hall–Kier alpha value is -0.790. The highest BCUT2D eigenvalue weighted by Crippen LogP contribution is 2.18. The Labute approximate surface area is 117 Å². The minimum absolute atomic E-state index is 0.0284. The molecule has 2 N–H and O–H groups in total. The summed E-state index contributed by atoms with van der Waals surface area (Å²) in [5, 5.41) is 12.0. The highest BCUT2D eigenvalue weighted by molar-refractivity contribution is 9.10. The lowest BCUT2D eigenvalue weighted by molar-refractivity contribution is -0.133. The molecule has 1 rings (SSSR count). The van der Waals surface area contributed by atoms with Crippen molar-refractivity contribution in [3.63, 3.8) is 0 Å². The first-order valence-electron chi connectivity index (χ1n) is 5.71. The maximum absolute atomic E-state index is 11.9. The van der Waals surface area contributed by atoms with Crippen molar-refractivity contribution in [2.24, 2.45) is 0 Å². The Balaban J connectivity index is 2.14. The van der Waals surface area contributed by atoms with Crippen molar-refractivity contribution in [2.45, 2.75) is 18.7 Å². The zero-order valence-corrected chi connectivity index (χ0v) is 11.7. The molecule has 1 atom stereocenters. The zero-order chi connectivity index (χ0) is 14.3. The van der Waals surface area contributed by atoms with E-state index in [9.17, 15) is 18.3 Å². The second kappa shape index (κ2) is 7.72. The molecule has 108 valence electrons. The van der Waals surface area contributed by atoms with E-state index in [0.717, 1.165) is 4.47 Å². The van der Waals surface area contributed by atoms with E-state index < -0.39 is 18.7 Å². The Morgan fingerprint density at radius 2 is 1.89 bits per heavy atom. The smallest absolute Gasteiger partial charge is 0.390 e. The molecule has 1 aromatic rings. The van der Waals surface area contributed by atoms with Gasteiger partial charge < -0.3 is 15.2 Å². The number of nitrogens with one attached hydrogen (secondary N) is 1. The Morgan fingerprint density at radius 3 is 2.47 bits per heavy atom. The first-order valence-corrected chi connectivity index (χ1v) is 6.50. The van der Waals surface area contributed by atoms with Crippen molar-refractivity contribution in [1.29, 1.82) is 0 Å². The highest BCUT2D eigenvalue weighted by atomic mass is 79.9. The third kappa shape index (κ3) is 8.07. The lowest BCUT2D eigenvalue weighted by atomic mass is 10.3. The van der Waals surface area contributed by atoms with E-state index in [0.29, 0.717) is 5.75 Å². The summed E-state index contributed by atoms with van der Waals surface area (Å²) in [6.07, 6.45) is -5.93. The van der Waals surface area contributed by atoms with Gasteiger partial charge in [-0.2, -0.15) is 13.2 Å². The van der Waals surface area contributed by atoms with Gasteiger partial charge in [-0.25, -0.2) is 0 Å². The molecule has 0 aromatic heterocycles. The molecule has 0 fully saturated rings. The molecule has 0 saturated heterocycles. The molecular weight excluding hydrogens is 327 g/mol. The molecule has 0 aliphatic rings. The van der Waals surface area contributed by atoms with Gasteiger partial charge in [0.25, 0.3) is 0 Å². The van der Waals surface area contributed by atoms with Crippen molar-refractivity contribution < 1.29 is 23.0 Å². The van der Waals surface area contributed by atoms with Crippen LogP contribution < -0.4 is 10.1 Å². The third-order valence-corrected chi connectivity index (χ3v) is 2.75. The van der Waals surface area contributed by atoms with E-state index in [1.54, 1.807) is 24.3 Å². The molecule has 0 aliphatic heterocycles. The standard InChI is InChI=1S/C12H15BrF3NO2/c13-9-1-3-11(4-2-9)19-8-10(18)7-17-6-5-12(14,15)16/h1-4,10,17-18H,5-8H2. The number of alkyl halides is 3. The van der Waals surface area contributed by atoms with Gasteiger partial charge in [0, 0.05) is 17.6 Å². The first kappa shape index (κ1) is 16.3. The van der Waals surface area contributed by atoms with Gasteiger partial charge in [-0.05, 0) is 24.3 Å². The summed E-state index contributed by atoms with van der Waals surface area (Å²) in [5.41, 5.74) is 0. The minimum Gasteiger partial charge on any atom is -0.491 e. The number of halogens is 4. The molecule has 0 heterocycles. The largest absolute Gasteiger partial charge is 0.491 e. The Morgan fingerprint density at radius 1 is 1.26 bits per heavy atom. The molecule has 3 nitrogen and oxygen atoms in total. The molecule has 0 bridgehead atoms. The number of hydrogen-bond donors (Lipinski definition) is 2. The lowest BCUT2D eigenvalue weighted by Gasteiger charge is -2.14. The van der Waals surface area contributed by atoms with Crippen LogP contribution in [-0.4, -0.2) is 37.1 Å². The summed E-state index contributed by atoms with van der Waals surface area (Å²) in [7, 11) is 0. The topological polar surface area (TPSA) is 41.5 Å². The molecule has 7 heteroatoms. The van der Waals surface area contributed by atoms with Crippen LogP contribution in [0.5, 0.6) is 5.75 Å². The Kier molecular flexibility index (Phi) is 6.60. The molecule has 0 saturated carbocycles. The molecule has 1 unspecified atom stereocenters. The summed E-state index contributed by atoms with van der Waals surface area (Å²) in [4.78, 5) is 0. The van der Waals surface area contributed by atoms with Crippen LogP contribution in [0.15, 0.2) is 28.7 Å². The van der Waals surface area contributed by atoms with Gasteiger partial charge in [0.05, 0.1) is 6.42 Å². The van der Waals surface area contributed by atoms with Crippen molar-refractivity contribution in [2.75, 3.05) is 19.7 Å². The summed E-state index contributed by atoms with van der Waals surface area (Å²) >= 11 is 3.28. The number of ether oxygens (including phenoxy) is 1. The average Bonchev–Trinajstić information content (AvgIpc) is 2.33. The van der Waals surface area contributed by atoms with E-state index in [1.807, 2.05) is 0 Å². The fraction of sp³-hybridized carbons (Fsp3) is 0.500. The van der Waals surface area contributed by atoms with Crippen LogP contribution in [0.1, 0.15) is 6.42 Å². The second-order valence-corrected chi connectivity index (χ2v) is 4.90. The maximum Gasteiger partial charge on any atom is 0.390 e. The molecule has 19 heavy (non-hydrogen) atoms. The molecule has 0 radical (unpaired) electrons. The predicted octanol–water partition coefficient (Wildman–Crippen LogP) is 2.73. The van der Waals surface area contributed by atoms with Gasteiger partial charge >= 0.3 is 6.18 Å². The van der Waals surface area contributed by atoms with Crippen LogP contribution in [0.3, 0.4) is 0 Å². The minimum atomic E-state index is -4.17. The van der Waals surface area contributed by atoms with Gasteiger partial charge in [0.15, 0.2) is 0 Å². The number of rotatable bonds is 7. The molecule has 1 aromatic carbocycles. The monoisotopic (exact) mass is 341 g/mol. The highest BCUT2D eigenvalue weighted by Gasteiger charge is 2.26. The van der Waals surface area contributed by atoms with E-state index in [4.69, 9.17) is 4.74 Å². The fourth-order valence-electron chi connectivity index (χ4n) is 1.28. The van der Waals surface area contributed by atoms with Crippen LogP contribution >= 0.6 is 15.9 Å². The van der Waals surface area contributed by atoms with Crippen LogP contribution in [0.2, 0.25) is 0 Å². The van der Waals surface area contributed by atoms with E-state index >= 15 is 0 Å². The van der Waals surface area contributed by atoms with Crippen molar-refractivity contribution in [3.8, 4) is 5.75 Å². The van der Waals surface area contributed by atoms with Gasteiger partial charge in [-0.1, -0.05) is 15.9 Å². The summed E-state index contributed by atoms with van der Waals surface area (Å²) in [6.45, 7) is -0.119. The summed E-state index contributed by atoms with van der Waals surface area (Å²) in [6, 6.07) is 7.05. The molecule has 0 amide bonds. The fourth-order valence-corrected chi connectivity index (χ4v) is 1.55. The predicted molar refractivity (Wildman–Crippen MR) is 69.2 cm³/mol. The molecule has 0 spiro atoms. The second-order valence-electron chi connectivity index (χ2n) is 3.99. The normalized spacial score (nSPS) is 13.3. The van der Waals surface area contributed by atoms with Gasteiger partial charge in [0.1, 0.15) is 18.5 Å².